The van der Waals surface area contributed by atoms with E-state index in [1.807, 2.05) is 4.52 Å². The standard InChI is InChI=1S/CF4N2P2S2/c2-8(3,10)7-9(4,5)11-1-6. The highest BCUT2D eigenvalue weighted by atomic mass is 32.7. The Labute approximate surface area is 69.3 Å². The summed E-state index contributed by atoms with van der Waals surface area (Å²) in [5.41, 5.74) is 0. The third kappa shape index (κ3) is 6.82. The molecule has 0 aromatic rings. The first-order valence-electron chi connectivity index (χ1n) is 1.87. The van der Waals surface area contributed by atoms with E-state index in [-0.39, 0.29) is 0 Å². The maximum absolute atomic E-state index is 12.1. The van der Waals surface area contributed by atoms with Crippen molar-refractivity contribution >= 4 is 36.9 Å². The first-order valence-corrected chi connectivity index (χ1v) is 7.35. The first kappa shape index (κ1) is 11.4. The molecule has 0 spiro atoms. The summed E-state index contributed by atoms with van der Waals surface area (Å²) in [6, 6.07) is 0. The Morgan fingerprint density at radius 3 is 2.09 bits per heavy atom. The Hall–Kier alpha value is 0.440. The molecule has 0 N–H and O–H groups in total. The minimum Gasteiger partial charge on any atom is -0.185 e. The quantitative estimate of drug-likeness (QED) is 0.412. The molecule has 0 rings (SSSR count). The first-order chi connectivity index (χ1) is 4.77. The molecule has 64 valence electrons. The Kier molecular flexibility index (Phi) is 4.06. The fourth-order valence-electron chi connectivity index (χ4n) is 0.189. The van der Waals surface area contributed by atoms with E-state index in [9.17, 15) is 16.8 Å². The molecule has 0 aliphatic heterocycles. The van der Waals surface area contributed by atoms with Crippen molar-refractivity contribution < 1.29 is 16.8 Å². The van der Waals surface area contributed by atoms with Gasteiger partial charge in [0.2, 0.25) is 0 Å². The number of halogens is 4. The Morgan fingerprint density at radius 1 is 1.36 bits per heavy atom. The SMILES string of the molecule is N#CSP(F)(F)=NP(F)(F)=S. The molecule has 11 heavy (non-hydrogen) atoms. The molecule has 0 aliphatic rings. The zero-order valence-corrected chi connectivity index (χ0v) is 8.04. The molecule has 0 fully saturated rings. The summed E-state index contributed by atoms with van der Waals surface area (Å²) >= 11 is 2.84. The normalized spacial score (nSPS) is 12.3. The third-order valence-electron chi connectivity index (χ3n) is 0.359. The molecule has 0 aliphatic carbocycles. The summed E-state index contributed by atoms with van der Waals surface area (Å²) in [5, 5.41) is 8.72. The van der Waals surface area contributed by atoms with Gasteiger partial charge in [-0.1, -0.05) is 0 Å². The van der Waals surface area contributed by atoms with Gasteiger partial charge in [-0.3, -0.25) is 0 Å². The maximum Gasteiger partial charge on any atom is 0.388 e. The van der Waals surface area contributed by atoms with E-state index in [0.29, 0.717) is 0 Å². The van der Waals surface area contributed by atoms with Crippen LogP contribution in [0, 0.1) is 10.7 Å². The summed E-state index contributed by atoms with van der Waals surface area (Å²) in [5.74, 6) is 0. The van der Waals surface area contributed by atoms with Gasteiger partial charge in [0.05, 0.1) is 11.4 Å². The van der Waals surface area contributed by atoms with Crippen molar-refractivity contribution in [1.82, 2.24) is 0 Å². The smallest absolute Gasteiger partial charge is 0.185 e. The molecule has 2 nitrogen and oxygen atoms in total. The maximum atomic E-state index is 12.1. The van der Waals surface area contributed by atoms with Gasteiger partial charge in [-0.2, -0.15) is 22.0 Å². The number of rotatable bonds is 2. The second-order valence-corrected chi connectivity index (χ2v) is 7.14. The minimum absolute atomic E-state index is 0.542. The Balaban J connectivity index is 4.70. The van der Waals surface area contributed by atoms with Gasteiger partial charge in [-0.15, -0.1) is 4.52 Å². The molecule has 0 bridgehead atoms. The number of thiocyanates is 1. The van der Waals surface area contributed by atoms with Crippen molar-refractivity contribution in [3.05, 3.63) is 0 Å². The van der Waals surface area contributed by atoms with Crippen molar-refractivity contribution in [3.8, 4) is 5.40 Å². The van der Waals surface area contributed by atoms with E-state index >= 15 is 0 Å². The zero-order chi connectivity index (χ0) is 9.12. The summed E-state index contributed by atoms with van der Waals surface area (Å²) in [6.07, 6.45) is 0. The minimum atomic E-state index is -5.23. The van der Waals surface area contributed by atoms with Gasteiger partial charge in [0.1, 0.15) is 5.40 Å². The van der Waals surface area contributed by atoms with E-state index < -0.39 is 25.1 Å². The summed E-state index contributed by atoms with van der Waals surface area (Å²) in [6.45, 7) is -10.4. The van der Waals surface area contributed by atoms with Crippen LogP contribution in [0.2, 0.25) is 0 Å². The van der Waals surface area contributed by atoms with Crippen LogP contribution in [0.1, 0.15) is 0 Å². The van der Waals surface area contributed by atoms with Gasteiger partial charge in [-0.25, -0.2) is 0 Å². The summed E-state index contributed by atoms with van der Waals surface area (Å²) < 4.78 is 49.5. The van der Waals surface area contributed by atoms with E-state index in [1.165, 1.54) is 0 Å². The van der Waals surface area contributed by atoms with Crippen LogP contribution in [-0.4, -0.2) is 0 Å². The van der Waals surface area contributed by atoms with Crippen molar-refractivity contribution in [3.63, 3.8) is 0 Å². The lowest BCUT2D eigenvalue weighted by atomic mass is 11.8. The molecule has 0 heterocycles. The van der Waals surface area contributed by atoms with Crippen molar-refractivity contribution in [2.24, 2.45) is 4.52 Å². The van der Waals surface area contributed by atoms with Gasteiger partial charge < -0.3 is 0 Å². The lowest BCUT2D eigenvalue weighted by Gasteiger charge is -1.98. The molecule has 0 aromatic heterocycles. The highest BCUT2D eigenvalue weighted by Gasteiger charge is 2.25. The van der Waals surface area contributed by atoms with Gasteiger partial charge >= 0.3 is 13.7 Å². The number of hydrogen-bond donors (Lipinski definition) is 0. The predicted molar refractivity (Wildman–Crippen MR) is 41.3 cm³/mol. The van der Waals surface area contributed by atoms with Crippen molar-refractivity contribution in [2.75, 3.05) is 0 Å². The molecule has 0 atom stereocenters. The summed E-state index contributed by atoms with van der Waals surface area (Å²) in [4.78, 5) is 0. The largest absolute Gasteiger partial charge is 0.388 e. The molecule has 0 radical (unpaired) electrons. The second-order valence-electron chi connectivity index (χ2n) is 1.14. The number of nitrogens with zero attached hydrogens (tertiary/aromatic N) is 2. The van der Waals surface area contributed by atoms with Crippen LogP contribution >= 0.6 is 25.1 Å². The van der Waals surface area contributed by atoms with E-state index in [0.717, 1.165) is 5.40 Å². The molecular weight excluding hydrogens is 242 g/mol. The summed E-state index contributed by atoms with van der Waals surface area (Å²) in [7, 11) is 0. The number of nitriles is 1. The van der Waals surface area contributed by atoms with Crippen LogP contribution in [0.15, 0.2) is 4.52 Å². The predicted octanol–water partition coefficient (Wildman–Crippen LogP) is 4.25. The Morgan fingerprint density at radius 2 is 1.82 bits per heavy atom. The van der Waals surface area contributed by atoms with Crippen LogP contribution in [0.3, 0.4) is 0 Å². The fraction of sp³-hybridized carbons (Fsp3) is 0. The molecule has 0 amide bonds. The van der Waals surface area contributed by atoms with Crippen LogP contribution in [0.25, 0.3) is 0 Å². The monoisotopic (exact) mass is 242 g/mol. The topological polar surface area (TPSA) is 36.1 Å². The molecule has 0 saturated carbocycles. The van der Waals surface area contributed by atoms with Gasteiger partial charge in [-0.05, 0) is 11.8 Å². The van der Waals surface area contributed by atoms with E-state index in [2.05, 4.69) is 11.8 Å². The Bertz CT molecular complexity index is 270. The van der Waals surface area contributed by atoms with Crippen LogP contribution in [0.4, 0.5) is 16.8 Å². The average molecular weight is 242 g/mol. The zero-order valence-electron chi connectivity index (χ0n) is 4.62. The third-order valence-corrected chi connectivity index (χ3v) is 4.54. The van der Waals surface area contributed by atoms with Gasteiger partial charge in [0.25, 0.3) is 0 Å². The van der Waals surface area contributed by atoms with E-state index in [1.54, 1.807) is 0 Å². The highest BCUT2D eigenvalue weighted by Crippen LogP contribution is 2.72. The van der Waals surface area contributed by atoms with E-state index in [4.69, 9.17) is 5.26 Å². The molecule has 10 heteroatoms. The number of hydrogen-bond acceptors (Lipinski definition) is 3. The van der Waals surface area contributed by atoms with Gasteiger partial charge in [0, 0.05) is 0 Å². The van der Waals surface area contributed by atoms with Crippen LogP contribution < -0.4 is 0 Å². The van der Waals surface area contributed by atoms with Crippen molar-refractivity contribution in [1.29, 1.82) is 5.26 Å². The molecule has 0 saturated heterocycles. The second kappa shape index (κ2) is 3.90. The lowest BCUT2D eigenvalue weighted by Crippen LogP contribution is -1.53. The van der Waals surface area contributed by atoms with Gasteiger partial charge in [0.15, 0.2) is 0 Å². The van der Waals surface area contributed by atoms with Crippen LogP contribution in [-0.2, 0) is 11.8 Å². The highest BCUT2D eigenvalue weighted by molar-refractivity contribution is 8.58. The van der Waals surface area contributed by atoms with Crippen molar-refractivity contribution in [2.45, 2.75) is 0 Å². The lowest BCUT2D eigenvalue weighted by molar-refractivity contribution is 0.727. The molecular formula is CF4N2P2S2. The average Bonchev–Trinajstić information content (AvgIpc) is 1.55. The molecule has 0 unspecified atom stereocenters. The molecule has 0 aromatic carbocycles. The fourth-order valence-corrected chi connectivity index (χ4v) is 4.09. The van der Waals surface area contributed by atoms with Crippen LogP contribution in [0.5, 0.6) is 0 Å².